The standard InChI is InChI=1S/C9H10N2O5.BrH/c10-6(9(13)14)3-5-1-2-8(12)7(4-5)11(15)16;/h1-2,4,6,12H,3,10H2,(H,13,14);1H. The molecule has 0 radical (unpaired) electrons. The second kappa shape index (κ2) is 6.16. The molecule has 1 unspecified atom stereocenters. The molecule has 0 saturated heterocycles. The SMILES string of the molecule is Br.NC(Cc1ccc(O)c([N+](=O)[O-])c1)C(=O)O. The number of halogens is 1. The Morgan fingerprint density at radius 1 is 1.53 bits per heavy atom. The summed E-state index contributed by atoms with van der Waals surface area (Å²) in [5.41, 5.74) is 5.21. The van der Waals surface area contributed by atoms with Crippen LogP contribution < -0.4 is 5.73 Å². The lowest BCUT2D eigenvalue weighted by atomic mass is 10.1. The number of nitrogens with two attached hydrogens (primary N) is 1. The summed E-state index contributed by atoms with van der Waals surface area (Å²) in [6, 6.07) is 2.52. The number of nitro groups is 1. The summed E-state index contributed by atoms with van der Waals surface area (Å²) < 4.78 is 0. The maximum atomic E-state index is 10.5. The van der Waals surface area contributed by atoms with E-state index in [1.54, 1.807) is 0 Å². The molecule has 1 aromatic rings. The Balaban J connectivity index is 0.00000256. The van der Waals surface area contributed by atoms with E-state index in [4.69, 9.17) is 15.9 Å². The zero-order chi connectivity index (χ0) is 12.3. The van der Waals surface area contributed by atoms with Crippen molar-refractivity contribution in [2.75, 3.05) is 0 Å². The number of carbonyl (C=O) groups is 1. The minimum Gasteiger partial charge on any atom is -0.502 e. The first-order chi connectivity index (χ1) is 7.41. The zero-order valence-electron chi connectivity index (χ0n) is 8.57. The van der Waals surface area contributed by atoms with E-state index in [9.17, 15) is 14.9 Å². The molecule has 0 aliphatic rings. The van der Waals surface area contributed by atoms with Crippen molar-refractivity contribution < 1.29 is 19.9 Å². The Kier molecular flexibility index (Phi) is 5.56. The highest BCUT2D eigenvalue weighted by Crippen LogP contribution is 2.26. The van der Waals surface area contributed by atoms with Crippen LogP contribution in [0.4, 0.5) is 5.69 Å². The number of hydrogen-bond acceptors (Lipinski definition) is 5. The second-order valence-electron chi connectivity index (χ2n) is 3.23. The lowest BCUT2D eigenvalue weighted by Gasteiger charge is -2.06. The molecule has 1 rings (SSSR count). The molecular weight excluding hydrogens is 296 g/mol. The van der Waals surface area contributed by atoms with Gasteiger partial charge < -0.3 is 15.9 Å². The summed E-state index contributed by atoms with van der Waals surface area (Å²) in [6.07, 6.45) is -0.0313. The third-order valence-electron chi connectivity index (χ3n) is 2.01. The van der Waals surface area contributed by atoms with Crippen LogP contribution in [0.5, 0.6) is 5.75 Å². The van der Waals surface area contributed by atoms with Crippen molar-refractivity contribution in [1.29, 1.82) is 0 Å². The molecule has 0 bridgehead atoms. The smallest absolute Gasteiger partial charge is 0.320 e. The molecular formula is C9H11BrN2O5. The normalized spacial score (nSPS) is 11.4. The van der Waals surface area contributed by atoms with Gasteiger partial charge in [0.25, 0.3) is 0 Å². The molecule has 1 aromatic carbocycles. The van der Waals surface area contributed by atoms with Gasteiger partial charge in [-0.3, -0.25) is 14.9 Å². The minimum atomic E-state index is -1.18. The molecule has 7 nitrogen and oxygen atoms in total. The molecule has 0 aromatic heterocycles. The summed E-state index contributed by atoms with van der Waals surface area (Å²) >= 11 is 0. The van der Waals surface area contributed by atoms with Gasteiger partial charge in [0.1, 0.15) is 6.04 Å². The van der Waals surface area contributed by atoms with E-state index in [1.807, 2.05) is 0 Å². The van der Waals surface area contributed by atoms with Crippen LogP contribution in [-0.2, 0) is 11.2 Å². The van der Waals surface area contributed by atoms with Crippen molar-refractivity contribution in [2.45, 2.75) is 12.5 Å². The molecule has 94 valence electrons. The fourth-order valence-electron chi connectivity index (χ4n) is 1.18. The molecule has 0 aliphatic heterocycles. The summed E-state index contributed by atoms with van der Waals surface area (Å²) in [4.78, 5) is 20.2. The van der Waals surface area contributed by atoms with Gasteiger partial charge in [-0.2, -0.15) is 0 Å². The lowest BCUT2D eigenvalue weighted by Crippen LogP contribution is -2.32. The number of aliphatic carboxylic acids is 1. The van der Waals surface area contributed by atoms with Crippen LogP contribution in [0.2, 0.25) is 0 Å². The van der Waals surface area contributed by atoms with Crippen molar-refractivity contribution in [3.8, 4) is 5.75 Å². The Labute approximate surface area is 107 Å². The fraction of sp³-hybridized carbons (Fsp3) is 0.222. The van der Waals surface area contributed by atoms with E-state index in [0.717, 1.165) is 12.1 Å². The van der Waals surface area contributed by atoms with Crippen molar-refractivity contribution in [3.05, 3.63) is 33.9 Å². The number of rotatable bonds is 4. The third-order valence-corrected chi connectivity index (χ3v) is 2.01. The van der Waals surface area contributed by atoms with E-state index in [1.165, 1.54) is 6.07 Å². The maximum Gasteiger partial charge on any atom is 0.320 e. The van der Waals surface area contributed by atoms with Crippen molar-refractivity contribution in [3.63, 3.8) is 0 Å². The molecule has 0 amide bonds. The van der Waals surface area contributed by atoms with Gasteiger partial charge >= 0.3 is 11.7 Å². The predicted molar refractivity (Wildman–Crippen MR) is 64.4 cm³/mol. The summed E-state index contributed by atoms with van der Waals surface area (Å²) in [5.74, 6) is -1.65. The van der Waals surface area contributed by atoms with E-state index in [2.05, 4.69) is 0 Å². The number of phenols is 1. The van der Waals surface area contributed by atoms with Gasteiger partial charge in [-0.25, -0.2) is 0 Å². The van der Waals surface area contributed by atoms with Crippen LogP contribution in [0.15, 0.2) is 18.2 Å². The van der Waals surface area contributed by atoms with Crippen molar-refractivity contribution in [2.24, 2.45) is 5.73 Å². The van der Waals surface area contributed by atoms with Gasteiger partial charge in [-0.1, -0.05) is 6.07 Å². The average molecular weight is 307 g/mol. The Bertz CT molecular complexity index is 437. The number of aromatic hydroxyl groups is 1. The van der Waals surface area contributed by atoms with Crippen LogP contribution in [0.3, 0.4) is 0 Å². The molecule has 0 aliphatic carbocycles. The summed E-state index contributed by atoms with van der Waals surface area (Å²) in [5, 5.41) is 28.2. The quantitative estimate of drug-likeness (QED) is 0.558. The highest BCUT2D eigenvalue weighted by atomic mass is 79.9. The molecule has 8 heteroatoms. The van der Waals surface area contributed by atoms with Gasteiger partial charge in [0.15, 0.2) is 5.75 Å². The van der Waals surface area contributed by atoms with Crippen molar-refractivity contribution in [1.82, 2.24) is 0 Å². The van der Waals surface area contributed by atoms with Gasteiger partial charge in [0, 0.05) is 6.07 Å². The summed E-state index contributed by atoms with van der Waals surface area (Å²) in [7, 11) is 0. The first-order valence-corrected chi connectivity index (χ1v) is 4.36. The Morgan fingerprint density at radius 2 is 2.12 bits per heavy atom. The maximum absolute atomic E-state index is 10.5. The third kappa shape index (κ3) is 4.00. The number of nitrogens with zero attached hydrogens (tertiary/aromatic N) is 1. The van der Waals surface area contributed by atoms with Crippen LogP contribution in [0, 0.1) is 10.1 Å². The van der Waals surface area contributed by atoms with Crippen LogP contribution in [0.25, 0.3) is 0 Å². The topological polar surface area (TPSA) is 127 Å². The van der Waals surface area contributed by atoms with E-state index in [-0.39, 0.29) is 23.4 Å². The van der Waals surface area contributed by atoms with E-state index in [0.29, 0.717) is 5.56 Å². The highest BCUT2D eigenvalue weighted by molar-refractivity contribution is 8.93. The van der Waals surface area contributed by atoms with Gasteiger partial charge in [0.05, 0.1) is 4.92 Å². The first-order valence-electron chi connectivity index (χ1n) is 4.36. The number of hydrogen-bond donors (Lipinski definition) is 3. The van der Waals surface area contributed by atoms with Gasteiger partial charge in [-0.15, -0.1) is 17.0 Å². The summed E-state index contributed by atoms with van der Waals surface area (Å²) in [6.45, 7) is 0. The van der Waals surface area contributed by atoms with Gasteiger partial charge in [0.2, 0.25) is 0 Å². The van der Waals surface area contributed by atoms with Crippen LogP contribution in [-0.4, -0.2) is 27.1 Å². The molecule has 0 spiro atoms. The van der Waals surface area contributed by atoms with Crippen LogP contribution in [0.1, 0.15) is 5.56 Å². The number of phenolic OH excluding ortho intramolecular Hbond substituents is 1. The average Bonchev–Trinajstić information content (AvgIpc) is 2.20. The molecule has 0 heterocycles. The Morgan fingerprint density at radius 3 is 2.59 bits per heavy atom. The second-order valence-corrected chi connectivity index (χ2v) is 3.23. The zero-order valence-corrected chi connectivity index (χ0v) is 10.3. The molecule has 0 saturated carbocycles. The van der Waals surface area contributed by atoms with Crippen LogP contribution >= 0.6 is 17.0 Å². The first kappa shape index (κ1) is 15.3. The molecule has 1 atom stereocenters. The Hall–Kier alpha value is -1.67. The molecule has 17 heavy (non-hydrogen) atoms. The largest absolute Gasteiger partial charge is 0.502 e. The highest BCUT2D eigenvalue weighted by Gasteiger charge is 2.17. The fourth-order valence-corrected chi connectivity index (χ4v) is 1.18. The van der Waals surface area contributed by atoms with E-state index < -0.39 is 28.4 Å². The minimum absolute atomic E-state index is 0. The van der Waals surface area contributed by atoms with E-state index >= 15 is 0 Å². The monoisotopic (exact) mass is 306 g/mol. The molecule has 4 N–H and O–H groups in total. The van der Waals surface area contributed by atoms with Crippen molar-refractivity contribution >= 4 is 28.6 Å². The number of nitro benzene ring substituents is 1. The number of benzene rings is 1. The lowest BCUT2D eigenvalue weighted by molar-refractivity contribution is -0.385. The van der Waals surface area contributed by atoms with Gasteiger partial charge in [-0.05, 0) is 18.1 Å². The molecule has 0 fully saturated rings. The number of carboxylic acid groups (broad SMARTS) is 1. The number of carboxylic acids is 1. The predicted octanol–water partition coefficient (Wildman–Crippen LogP) is 0.833.